The molecule has 0 aromatic carbocycles. The average Bonchev–Trinajstić information content (AvgIpc) is 3.10. The molecule has 24 heavy (non-hydrogen) atoms. The Labute approximate surface area is 142 Å². The second-order valence-corrected chi connectivity index (χ2v) is 7.40. The molecule has 3 heterocycles. The van der Waals surface area contributed by atoms with E-state index in [9.17, 15) is 9.59 Å². The first kappa shape index (κ1) is 17.0. The fourth-order valence-electron chi connectivity index (χ4n) is 3.90. The van der Waals surface area contributed by atoms with Crippen LogP contribution in [0.5, 0.6) is 0 Å². The van der Waals surface area contributed by atoms with E-state index in [0.717, 1.165) is 31.5 Å². The fourth-order valence-corrected chi connectivity index (χ4v) is 3.90. The fraction of sp³-hybridized carbons (Fsp3) is 0.706. The first-order chi connectivity index (χ1) is 11.4. The Kier molecular flexibility index (Phi) is 4.62. The molecular formula is C17H26N4O3. The van der Waals surface area contributed by atoms with Crippen molar-refractivity contribution in [2.75, 3.05) is 6.54 Å². The van der Waals surface area contributed by atoms with Crippen molar-refractivity contribution < 1.29 is 14.3 Å². The number of ether oxygens (including phenoxy) is 1. The van der Waals surface area contributed by atoms with Crippen LogP contribution < -0.4 is 5.32 Å². The third-order valence-corrected chi connectivity index (χ3v) is 4.83. The SMILES string of the molecule is CC(=O)N[C@@H](Cc1cnc[nH]1)C(=O)N1CCC[C@@H]2OC(C)(C)C[C@@H]21. The average molecular weight is 334 g/mol. The number of nitrogens with zero attached hydrogens (tertiary/aromatic N) is 2. The van der Waals surface area contributed by atoms with E-state index in [1.165, 1.54) is 6.92 Å². The monoisotopic (exact) mass is 334 g/mol. The van der Waals surface area contributed by atoms with Gasteiger partial charge in [-0.05, 0) is 33.1 Å². The van der Waals surface area contributed by atoms with Crippen LogP contribution in [0.2, 0.25) is 0 Å². The number of amides is 2. The zero-order valence-electron chi connectivity index (χ0n) is 14.5. The number of carbonyl (C=O) groups excluding carboxylic acids is 2. The maximum atomic E-state index is 13.1. The first-order valence-corrected chi connectivity index (χ1v) is 8.58. The van der Waals surface area contributed by atoms with E-state index in [4.69, 9.17) is 4.74 Å². The molecule has 0 aliphatic carbocycles. The molecule has 3 atom stereocenters. The zero-order valence-corrected chi connectivity index (χ0v) is 14.5. The molecule has 2 aliphatic heterocycles. The van der Waals surface area contributed by atoms with Crippen LogP contribution in [-0.4, -0.2) is 57.0 Å². The van der Waals surface area contributed by atoms with E-state index in [1.54, 1.807) is 12.5 Å². The quantitative estimate of drug-likeness (QED) is 0.860. The van der Waals surface area contributed by atoms with Gasteiger partial charge in [-0.2, -0.15) is 0 Å². The number of H-pyrrole nitrogens is 1. The molecule has 7 heteroatoms. The first-order valence-electron chi connectivity index (χ1n) is 8.58. The summed E-state index contributed by atoms with van der Waals surface area (Å²) >= 11 is 0. The summed E-state index contributed by atoms with van der Waals surface area (Å²) in [5.41, 5.74) is 0.629. The summed E-state index contributed by atoms with van der Waals surface area (Å²) in [4.78, 5) is 33.6. The molecule has 0 spiro atoms. The lowest BCUT2D eigenvalue weighted by atomic mass is 9.93. The van der Waals surface area contributed by atoms with Crippen molar-refractivity contribution in [1.82, 2.24) is 20.2 Å². The smallest absolute Gasteiger partial charge is 0.245 e. The molecule has 132 valence electrons. The van der Waals surface area contributed by atoms with E-state index >= 15 is 0 Å². The number of carbonyl (C=O) groups is 2. The molecule has 2 amide bonds. The van der Waals surface area contributed by atoms with E-state index in [-0.39, 0.29) is 29.6 Å². The minimum atomic E-state index is -0.578. The number of aromatic amines is 1. The Bertz CT molecular complexity index is 599. The minimum absolute atomic E-state index is 0.0317. The van der Waals surface area contributed by atoms with Gasteiger partial charge in [-0.1, -0.05) is 0 Å². The lowest BCUT2D eigenvalue weighted by molar-refractivity contribution is -0.141. The topological polar surface area (TPSA) is 87.3 Å². The summed E-state index contributed by atoms with van der Waals surface area (Å²) in [7, 11) is 0. The third-order valence-electron chi connectivity index (χ3n) is 4.83. The molecule has 0 unspecified atom stereocenters. The van der Waals surface area contributed by atoms with Gasteiger partial charge in [0.25, 0.3) is 0 Å². The van der Waals surface area contributed by atoms with Gasteiger partial charge in [0.15, 0.2) is 0 Å². The summed E-state index contributed by atoms with van der Waals surface area (Å²) < 4.78 is 6.10. The van der Waals surface area contributed by atoms with E-state index in [1.807, 2.05) is 4.90 Å². The van der Waals surface area contributed by atoms with Crippen LogP contribution in [0.25, 0.3) is 0 Å². The maximum absolute atomic E-state index is 13.1. The van der Waals surface area contributed by atoms with Gasteiger partial charge in [0.05, 0.1) is 24.1 Å². The molecule has 1 aromatic rings. The second kappa shape index (κ2) is 6.55. The lowest BCUT2D eigenvalue weighted by Gasteiger charge is -2.38. The highest BCUT2D eigenvalue weighted by atomic mass is 16.5. The van der Waals surface area contributed by atoms with Gasteiger partial charge in [-0.25, -0.2) is 4.98 Å². The molecule has 0 saturated carbocycles. The molecule has 2 N–H and O–H groups in total. The maximum Gasteiger partial charge on any atom is 0.245 e. The number of aromatic nitrogens is 2. The molecule has 0 radical (unpaired) electrons. The largest absolute Gasteiger partial charge is 0.370 e. The number of rotatable bonds is 4. The van der Waals surface area contributed by atoms with E-state index < -0.39 is 6.04 Å². The van der Waals surface area contributed by atoms with Gasteiger partial charge in [0.1, 0.15) is 6.04 Å². The van der Waals surface area contributed by atoms with Crippen molar-refractivity contribution >= 4 is 11.8 Å². The van der Waals surface area contributed by atoms with Crippen LogP contribution in [0.4, 0.5) is 0 Å². The van der Waals surface area contributed by atoms with Gasteiger partial charge in [0.2, 0.25) is 11.8 Å². The highest BCUT2D eigenvalue weighted by Gasteiger charge is 2.47. The van der Waals surface area contributed by atoms with Gasteiger partial charge in [-0.3, -0.25) is 9.59 Å². The van der Waals surface area contributed by atoms with Gasteiger partial charge < -0.3 is 19.9 Å². The number of fused-ring (bicyclic) bond motifs is 1. The van der Waals surface area contributed by atoms with Crippen molar-refractivity contribution in [3.05, 3.63) is 18.2 Å². The van der Waals surface area contributed by atoms with Crippen LogP contribution in [0.3, 0.4) is 0 Å². The Balaban J connectivity index is 1.76. The highest BCUT2D eigenvalue weighted by Crippen LogP contribution is 2.38. The van der Waals surface area contributed by atoms with Crippen LogP contribution in [0.1, 0.15) is 45.7 Å². The lowest BCUT2D eigenvalue weighted by Crippen LogP contribution is -2.56. The van der Waals surface area contributed by atoms with Gasteiger partial charge >= 0.3 is 0 Å². The molecule has 2 fully saturated rings. The summed E-state index contributed by atoms with van der Waals surface area (Å²) in [6.45, 7) is 6.31. The number of hydrogen-bond donors (Lipinski definition) is 2. The molecular weight excluding hydrogens is 308 g/mol. The normalized spacial score (nSPS) is 26.7. The second-order valence-electron chi connectivity index (χ2n) is 7.40. The number of likely N-dealkylation sites (tertiary alicyclic amines) is 1. The van der Waals surface area contributed by atoms with Crippen LogP contribution >= 0.6 is 0 Å². The van der Waals surface area contributed by atoms with E-state index in [0.29, 0.717) is 6.42 Å². The molecule has 2 saturated heterocycles. The van der Waals surface area contributed by atoms with Gasteiger partial charge in [-0.15, -0.1) is 0 Å². The summed E-state index contributed by atoms with van der Waals surface area (Å²) in [6.07, 6.45) is 6.53. The summed E-state index contributed by atoms with van der Waals surface area (Å²) in [5, 5.41) is 2.80. The number of imidazole rings is 1. The van der Waals surface area contributed by atoms with Gasteiger partial charge in [0, 0.05) is 31.8 Å². The Morgan fingerprint density at radius 1 is 1.54 bits per heavy atom. The Morgan fingerprint density at radius 3 is 3.00 bits per heavy atom. The van der Waals surface area contributed by atoms with E-state index in [2.05, 4.69) is 29.1 Å². The van der Waals surface area contributed by atoms with Crippen molar-refractivity contribution in [3.63, 3.8) is 0 Å². The molecule has 3 rings (SSSR count). The van der Waals surface area contributed by atoms with Crippen LogP contribution in [0, 0.1) is 0 Å². The van der Waals surface area contributed by atoms with Crippen LogP contribution in [0.15, 0.2) is 12.5 Å². The highest BCUT2D eigenvalue weighted by molar-refractivity contribution is 5.87. The van der Waals surface area contributed by atoms with Crippen molar-refractivity contribution in [2.45, 2.75) is 70.2 Å². The molecule has 7 nitrogen and oxygen atoms in total. The summed E-state index contributed by atoms with van der Waals surface area (Å²) in [6, 6.07) is -0.482. The predicted molar refractivity (Wildman–Crippen MR) is 88.2 cm³/mol. The van der Waals surface area contributed by atoms with Crippen molar-refractivity contribution in [2.24, 2.45) is 0 Å². The molecule has 2 aliphatic rings. The molecule has 1 aromatic heterocycles. The number of piperidine rings is 1. The number of hydrogen-bond acceptors (Lipinski definition) is 4. The van der Waals surface area contributed by atoms with Crippen molar-refractivity contribution in [1.29, 1.82) is 0 Å². The minimum Gasteiger partial charge on any atom is -0.370 e. The van der Waals surface area contributed by atoms with Crippen LogP contribution in [-0.2, 0) is 20.7 Å². The number of nitrogens with one attached hydrogen (secondary N) is 2. The standard InChI is InChI=1S/C17H26N4O3/c1-11(22)20-13(7-12-9-18-10-19-12)16(23)21-6-4-5-15-14(21)8-17(2,3)24-15/h9-10,13-15H,4-8H2,1-3H3,(H,18,19)(H,20,22)/t13-,14-,15-/m0/s1. The third kappa shape index (κ3) is 3.61. The zero-order chi connectivity index (χ0) is 17.3. The Hall–Kier alpha value is -1.89. The Morgan fingerprint density at radius 2 is 2.33 bits per heavy atom. The van der Waals surface area contributed by atoms with Crippen molar-refractivity contribution in [3.8, 4) is 0 Å². The predicted octanol–water partition coefficient (Wildman–Crippen LogP) is 1.02. The molecule has 0 bridgehead atoms. The summed E-state index contributed by atoms with van der Waals surface area (Å²) in [5.74, 6) is -0.236.